The number of aromatic amines is 1. The van der Waals surface area contributed by atoms with E-state index in [2.05, 4.69) is 9.97 Å². The second-order valence-electron chi connectivity index (χ2n) is 7.14. The predicted octanol–water partition coefficient (Wildman–Crippen LogP) is 1.03. The number of piperidine rings is 1. The van der Waals surface area contributed by atoms with E-state index in [1.54, 1.807) is 31.4 Å². The number of benzene rings is 1. The van der Waals surface area contributed by atoms with Crippen LogP contribution < -0.4 is 16.0 Å². The van der Waals surface area contributed by atoms with E-state index in [0.29, 0.717) is 43.7 Å². The number of hydrogen-bond donors (Lipinski definition) is 2. The first-order valence-electron chi connectivity index (χ1n) is 8.89. The third-order valence-electron chi connectivity index (χ3n) is 5.77. The summed E-state index contributed by atoms with van der Waals surface area (Å²) < 4.78 is 32.5. The molecule has 2 aliphatic rings. The molecule has 1 aliphatic heterocycles. The Hall–Kier alpha value is -2.39. The minimum atomic E-state index is -3.56. The fourth-order valence-corrected chi connectivity index (χ4v) is 5.65. The highest BCUT2D eigenvalue weighted by Gasteiger charge is 2.45. The highest BCUT2D eigenvalue weighted by Crippen LogP contribution is 2.45. The van der Waals surface area contributed by atoms with Crippen molar-refractivity contribution in [3.63, 3.8) is 0 Å². The largest absolute Gasteiger partial charge is 0.497 e. The van der Waals surface area contributed by atoms with Gasteiger partial charge < -0.3 is 10.5 Å². The third kappa shape index (κ3) is 2.90. The number of nitrogens with two attached hydrogens (primary N) is 1. The van der Waals surface area contributed by atoms with Gasteiger partial charge in [0.25, 0.3) is 5.56 Å². The van der Waals surface area contributed by atoms with E-state index in [1.807, 2.05) is 0 Å². The molecule has 1 saturated heterocycles. The molecule has 1 aromatic heterocycles. The summed E-state index contributed by atoms with van der Waals surface area (Å²) in [5, 5.41) is 0. The van der Waals surface area contributed by atoms with Crippen molar-refractivity contribution in [1.82, 2.24) is 14.3 Å². The Bertz CT molecular complexity index is 1020. The van der Waals surface area contributed by atoms with Gasteiger partial charge in [0.05, 0.1) is 17.7 Å². The van der Waals surface area contributed by atoms with Crippen LogP contribution in [0.4, 0.5) is 5.95 Å². The van der Waals surface area contributed by atoms with Crippen LogP contribution in [0, 0.1) is 0 Å². The van der Waals surface area contributed by atoms with Crippen LogP contribution >= 0.6 is 0 Å². The van der Waals surface area contributed by atoms with Gasteiger partial charge in [-0.15, -0.1) is 0 Å². The van der Waals surface area contributed by atoms with Crippen molar-refractivity contribution in [2.45, 2.75) is 36.0 Å². The summed E-state index contributed by atoms with van der Waals surface area (Å²) in [4.78, 5) is 19.3. The van der Waals surface area contributed by atoms with E-state index in [4.69, 9.17) is 10.5 Å². The number of methoxy groups -OCH3 is 1. The number of sulfonamides is 1. The molecule has 4 rings (SSSR count). The maximum atomic E-state index is 12.9. The molecule has 3 N–H and O–H groups in total. The fraction of sp³-hybridized carbons (Fsp3) is 0.444. The van der Waals surface area contributed by atoms with E-state index in [-0.39, 0.29) is 21.8 Å². The zero-order valence-electron chi connectivity index (χ0n) is 15.1. The van der Waals surface area contributed by atoms with E-state index in [0.717, 1.165) is 12.1 Å². The molecule has 2 heterocycles. The Morgan fingerprint density at radius 1 is 1.19 bits per heavy atom. The first kappa shape index (κ1) is 18.0. The topological polar surface area (TPSA) is 118 Å². The van der Waals surface area contributed by atoms with Crippen molar-refractivity contribution in [3.8, 4) is 5.75 Å². The molecule has 0 radical (unpaired) electrons. The lowest BCUT2D eigenvalue weighted by atomic mass is 9.77. The lowest BCUT2D eigenvalue weighted by Gasteiger charge is -2.38. The van der Waals surface area contributed by atoms with Gasteiger partial charge in [-0.1, -0.05) is 0 Å². The average molecular weight is 390 g/mol. The SMILES string of the molecule is COc1ccc(S(=O)(=O)N2CCC3(CCc4c3nc(N)[nH]c4=O)CC2)cc1. The molecule has 0 saturated carbocycles. The van der Waals surface area contributed by atoms with Crippen LogP contribution in [0.25, 0.3) is 0 Å². The molecule has 0 unspecified atom stereocenters. The van der Waals surface area contributed by atoms with E-state index < -0.39 is 10.0 Å². The van der Waals surface area contributed by atoms with Crippen LogP contribution in [0.15, 0.2) is 34.0 Å². The number of fused-ring (bicyclic) bond motifs is 2. The Morgan fingerprint density at radius 2 is 1.85 bits per heavy atom. The summed E-state index contributed by atoms with van der Waals surface area (Å²) in [6.45, 7) is 0.782. The molecule has 1 spiro atoms. The minimum Gasteiger partial charge on any atom is -0.497 e. The summed E-state index contributed by atoms with van der Waals surface area (Å²) in [7, 11) is -2.02. The second-order valence-corrected chi connectivity index (χ2v) is 9.08. The first-order chi connectivity index (χ1) is 12.9. The smallest absolute Gasteiger partial charge is 0.255 e. The normalized spacial score (nSPS) is 19.1. The summed E-state index contributed by atoms with van der Waals surface area (Å²) >= 11 is 0. The van der Waals surface area contributed by atoms with E-state index in [1.165, 1.54) is 4.31 Å². The Kier molecular flexibility index (Phi) is 4.23. The number of rotatable bonds is 3. The van der Waals surface area contributed by atoms with Gasteiger partial charge in [-0.05, 0) is 49.9 Å². The maximum Gasteiger partial charge on any atom is 0.255 e. The van der Waals surface area contributed by atoms with E-state index >= 15 is 0 Å². The summed E-state index contributed by atoms with van der Waals surface area (Å²) in [5.74, 6) is 0.733. The lowest BCUT2D eigenvalue weighted by molar-refractivity contribution is 0.228. The van der Waals surface area contributed by atoms with Gasteiger partial charge in [0.15, 0.2) is 0 Å². The highest BCUT2D eigenvalue weighted by atomic mass is 32.2. The summed E-state index contributed by atoms with van der Waals surface area (Å²) in [6, 6.07) is 6.41. The number of nitrogens with one attached hydrogen (secondary N) is 1. The molecule has 1 aliphatic carbocycles. The molecule has 0 bridgehead atoms. The monoisotopic (exact) mass is 390 g/mol. The molecule has 27 heavy (non-hydrogen) atoms. The van der Waals surface area contributed by atoms with Gasteiger partial charge in [-0.2, -0.15) is 4.31 Å². The quantitative estimate of drug-likeness (QED) is 0.808. The molecule has 1 aromatic carbocycles. The van der Waals surface area contributed by atoms with Crippen LogP contribution in [0.1, 0.15) is 30.5 Å². The summed E-state index contributed by atoms with van der Waals surface area (Å²) in [6.07, 6.45) is 2.72. The molecule has 2 aromatic rings. The number of ether oxygens (including phenoxy) is 1. The van der Waals surface area contributed by atoms with Crippen molar-refractivity contribution < 1.29 is 13.2 Å². The van der Waals surface area contributed by atoms with Crippen molar-refractivity contribution in [3.05, 3.63) is 45.9 Å². The average Bonchev–Trinajstić information content (AvgIpc) is 3.00. The van der Waals surface area contributed by atoms with Crippen molar-refractivity contribution >= 4 is 16.0 Å². The van der Waals surface area contributed by atoms with Crippen LogP contribution in [-0.2, 0) is 21.9 Å². The first-order valence-corrected chi connectivity index (χ1v) is 10.3. The minimum absolute atomic E-state index is 0.119. The van der Waals surface area contributed by atoms with E-state index in [9.17, 15) is 13.2 Å². The number of hydrogen-bond acceptors (Lipinski definition) is 6. The van der Waals surface area contributed by atoms with Gasteiger partial charge in [-0.3, -0.25) is 9.78 Å². The Labute approximate surface area is 157 Å². The van der Waals surface area contributed by atoms with Gasteiger partial charge >= 0.3 is 0 Å². The lowest BCUT2D eigenvalue weighted by Crippen LogP contribution is -2.44. The second kappa shape index (κ2) is 6.35. The molecule has 0 amide bonds. The van der Waals surface area contributed by atoms with Crippen LogP contribution in [0.3, 0.4) is 0 Å². The maximum absolute atomic E-state index is 12.9. The number of nitrogen functional groups attached to an aromatic ring is 1. The van der Waals surface area contributed by atoms with Crippen LogP contribution in [-0.4, -0.2) is 42.9 Å². The molecular weight excluding hydrogens is 368 g/mol. The molecule has 1 fully saturated rings. The highest BCUT2D eigenvalue weighted by molar-refractivity contribution is 7.89. The van der Waals surface area contributed by atoms with Gasteiger partial charge in [0, 0.05) is 24.1 Å². The number of H-pyrrole nitrogens is 1. The predicted molar refractivity (Wildman–Crippen MR) is 100 cm³/mol. The molecule has 0 atom stereocenters. The standard InChI is InChI=1S/C18H22N4O4S/c1-26-12-2-4-13(5-3-12)27(24,25)22-10-8-18(9-11-22)7-6-14-15(18)20-17(19)21-16(14)23/h2-5H,6-11H2,1H3,(H3,19,20,21,23). The van der Waals surface area contributed by atoms with Crippen molar-refractivity contribution in [2.75, 3.05) is 25.9 Å². The summed E-state index contributed by atoms with van der Waals surface area (Å²) in [5.41, 5.74) is 6.74. The van der Waals surface area contributed by atoms with Gasteiger partial charge in [0.2, 0.25) is 16.0 Å². The molecule has 8 nitrogen and oxygen atoms in total. The zero-order valence-corrected chi connectivity index (χ0v) is 15.9. The van der Waals surface area contributed by atoms with Gasteiger partial charge in [0.1, 0.15) is 5.75 Å². The van der Waals surface area contributed by atoms with Gasteiger partial charge in [-0.25, -0.2) is 13.4 Å². The number of aromatic nitrogens is 2. The molecular formula is C18H22N4O4S. The number of nitrogens with zero attached hydrogens (tertiary/aromatic N) is 2. The van der Waals surface area contributed by atoms with Crippen LogP contribution in [0.2, 0.25) is 0 Å². The Balaban J connectivity index is 1.57. The fourth-order valence-electron chi connectivity index (χ4n) is 4.21. The van der Waals surface area contributed by atoms with Crippen LogP contribution in [0.5, 0.6) is 5.75 Å². The zero-order chi connectivity index (χ0) is 19.2. The molecule has 144 valence electrons. The van der Waals surface area contributed by atoms with Crippen molar-refractivity contribution in [2.24, 2.45) is 0 Å². The number of anilines is 1. The van der Waals surface area contributed by atoms with Crippen molar-refractivity contribution in [1.29, 1.82) is 0 Å². The Morgan fingerprint density at radius 3 is 2.48 bits per heavy atom. The third-order valence-corrected chi connectivity index (χ3v) is 7.68. The molecule has 9 heteroatoms.